The Morgan fingerprint density at radius 1 is 1.13 bits per heavy atom. The SMILES string of the molecule is CCC(=O)NCCN1C(=O)C(C)(c2ccccc2)Oc2cc(C)c(C(=O)N(C(C)C)C3CCCCC3)cc21. The molecule has 2 aromatic rings. The summed E-state index contributed by atoms with van der Waals surface area (Å²) in [5.74, 6) is 0.254. The van der Waals surface area contributed by atoms with Crippen molar-refractivity contribution in [2.45, 2.75) is 90.8 Å². The van der Waals surface area contributed by atoms with E-state index in [9.17, 15) is 14.4 Å². The van der Waals surface area contributed by atoms with Crippen LogP contribution in [0.3, 0.4) is 0 Å². The number of carbonyl (C=O) groups is 3. The van der Waals surface area contributed by atoms with Gasteiger partial charge in [-0.3, -0.25) is 14.4 Å². The number of ether oxygens (including phenoxy) is 1. The third-order valence-corrected chi connectivity index (χ3v) is 7.86. The molecule has 1 N–H and O–H groups in total. The molecule has 1 heterocycles. The normalized spacial score (nSPS) is 19.6. The van der Waals surface area contributed by atoms with Crippen LogP contribution in [0.15, 0.2) is 42.5 Å². The molecule has 0 spiro atoms. The van der Waals surface area contributed by atoms with Crippen molar-refractivity contribution >= 4 is 23.4 Å². The number of nitrogens with one attached hydrogen (secondary N) is 1. The van der Waals surface area contributed by atoms with E-state index in [1.54, 1.807) is 18.7 Å². The van der Waals surface area contributed by atoms with Gasteiger partial charge in [0.05, 0.1) is 5.69 Å². The highest BCUT2D eigenvalue weighted by Crippen LogP contribution is 2.44. The topological polar surface area (TPSA) is 79.0 Å². The highest BCUT2D eigenvalue weighted by Gasteiger charge is 2.46. The highest BCUT2D eigenvalue weighted by molar-refractivity contribution is 6.05. The number of carbonyl (C=O) groups excluding carboxylic acids is 3. The first kappa shape index (κ1) is 27.7. The maximum Gasteiger partial charge on any atom is 0.275 e. The largest absolute Gasteiger partial charge is 0.471 e. The van der Waals surface area contributed by atoms with Gasteiger partial charge in [0.15, 0.2) is 0 Å². The Morgan fingerprint density at radius 2 is 1.82 bits per heavy atom. The Bertz CT molecular complexity index is 1170. The van der Waals surface area contributed by atoms with Gasteiger partial charge >= 0.3 is 0 Å². The van der Waals surface area contributed by atoms with E-state index < -0.39 is 5.60 Å². The third kappa shape index (κ3) is 5.42. The summed E-state index contributed by atoms with van der Waals surface area (Å²) in [6.45, 7) is 10.2. The quantitative estimate of drug-likeness (QED) is 0.510. The molecular weight excluding hydrogens is 478 g/mol. The van der Waals surface area contributed by atoms with Crippen molar-refractivity contribution in [3.05, 3.63) is 59.2 Å². The van der Waals surface area contributed by atoms with E-state index in [1.807, 2.05) is 54.3 Å². The molecule has 0 bridgehead atoms. The number of nitrogens with zero attached hydrogens (tertiary/aromatic N) is 2. The number of aryl methyl sites for hydroxylation is 1. The van der Waals surface area contributed by atoms with Gasteiger partial charge in [-0.25, -0.2) is 0 Å². The highest BCUT2D eigenvalue weighted by atomic mass is 16.5. The van der Waals surface area contributed by atoms with Crippen LogP contribution in [0.1, 0.15) is 87.7 Å². The zero-order valence-electron chi connectivity index (χ0n) is 23.4. The lowest BCUT2D eigenvalue weighted by Crippen LogP contribution is -2.54. The summed E-state index contributed by atoms with van der Waals surface area (Å²) in [5, 5.41) is 2.87. The van der Waals surface area contributed by atoms with Crippen LogP contribution >= 0.6 is 0 Å². The van der Waals surface area contributed by atoms with Crippen LogP contribution in [-0.4, -0.2) is 47.8 Å². The van der Waals surface area contributed by atoms with Crippen LogP contribution in [-0.2, 0) is 15.2 Å². The smallest absolute Gasteiger partial charge is 0.275 e. The number of benzene rings is 2. The molecule has 7 heteroatoms. The number of anilines is 1. The number of hydrogen-bond donors (Lipinski definition) is 1. The van der Waals surface area contributed by atoms with E-state index in [0.717, 1.165) is 36.8 Å². The molecule has 204 valence electrons. The first-order valence-corrected chi connectivity index (χ1v) is 14.0. The van der Waals surface area contributed by atoms with Crippen molar-refractivity contribution in [2.75, 3.05) is 18.0 Å². The van der Waals surface area contributed by atoms with Gasteiger partial charge in [0.2, 0.25) is 11.5 Å². The molecule has 2 aliphatic rings. The zero-order chi connectivity index (χ0) is 27.4. The fourth-order valence-electron chi connectivity index (χ4n) is 5.74. The maximum absolute atomic E-state index is 14.0. The molecule has 7 nitrogen and oxygen atoms in total. The van der Waals surface area contributed by atoms with Crippen LogP contribution in [0.4, 0.5) is 5.69 Å². The van der Waals surface area contributed by atoms with Gasteiger partial charge in [0, 0.05) is 42.7 Å². The lowest BCUT2D eigenvalue weighted by atomic mass is 9.90. The maximum atomic E-state index is 14.0. The summed E-state index contributed by atoms with van der Waals surface area (Å²) < 4.78 is 6.43. The van der Waals surface area contributed by atoms with Gasteiger partial charge in [-0.1, -0.05) is 56.5 Å². The third-order valence-electron chi connectivity index (χ3n) is 7.86. The van der Waals surface area contributed by atoms with Crippen LogP contribution in [0.2, 0.25) is 0 Å². The van der Waals surface area contributed by atoms with Crippen LogP contribution in [0, 0.1) is 6.92 Å². The monoisotopic (exact) mass is 519 g/mol. The van der Waals surface area contributed by atoms with Crippen molar-refractivity contribution in [1.82, 2.24) is 10.2 Å². The number of rotatable bonds is 8. The number of hydrogen-bond acceptors (Lipinski definition) is 4. The molecule has 3 amide bonds. The van der Waals surface area contributed by atoms with Gasteiger partial charge in [-0.2, -0.15) is 0 Å². The Balaban J connectivity index is 1.75. The standard InChI is InChI=1S/C31H41N3O4/c1-6-28(35)32-17-18-33-26-20-25(29(36)34(21(2)3)24-15-11-8-12-16-24)22(4)19-27(26)38-31(5,30(33)37)23-13-9-7-10-14-23/h7,9-10,13-14,19-21,24H,6,8,11-12,15-18H2,1-5H3,(H,32,35). The summed E-state index contributed by atoms with van der Waals surface area (Å²) in [5.41, 5.74) is 1.49. The van der Waals surface area contributed by atoms with E-state index in [0.29, 0.717) is 30.0 Å². The minimum Gasteiger partial charge on any atom is -0.471 e. The van der Waals surface area contributed by atoms with Crippen LogP contribution in [0.25, 0.3) is 0 Å². The second kappa shape index (κ2) is 11.6. The van der Waals surface area contributed by atoms with Crippen molar-refractivity contribution in [2.24, 2.45) is 0 Å². The molecule has 0 saturated heterocycles. The molecule has 1 atom stereocenters. The van der Waals surface area contributed by atoms with E-state index in [-0.39, 0.29) is 36.3 Å². The minimum absolute atomic E-state index is 0.00437. The first-order chi connectivity index (χ1) is 18.2. The predicted octanol–water partition coefficient (Wildman–Crippen LogP) is 5.35. The predicted molar refractivity (Wildman–Crippen MR) is 149 cm³/mol. The average molecular weight is 520 g/mol. The van der Waals surface area contributed by atoms with Crippen molar-refractivity contribution in [3.63, 3.8) is 0 Å². The van der Waals surface area contributed by atoms with Gasteiger partial charge in [-0.15, -0.1) is 0 Å². The molecular formula is C31H41N3O4. The number of fused-ring (bicyclic) bond motifs is 1. The molecule has 1 aliphatic heterocycles. The van der Waals surface area contributed by atoms with Crippen molar-refractivity contribution in [3.8, 4) is 5.75 Å². The van der Waals surface area contributed by atoms with Crippen LogP contribution < -0.4 is 15.0 Å². The lowest BCUT2D eigenvalue weighted by Gasteiger charge is -2.42. The second-order valence-corrected chi connectivity index (χ2v) is 10.9. The summed E-state index contributed by atoms with van der Waals surface area (Å²) in [6.07, 6.45) is 5.92. The minimum atomic E-state index is -1.23. The Hall–Kier alpha value is -3.35. The van der Waals surface area contributed by atoms with Crippen molar-refractivity contribution < 1.29 is 19.1 Å². The molecule has 4 rings (SSSR count). The van der Waals surface area contributed by atoms with Gasteiger partial charge < -0.3 is 19.9 Å². The summed E-state index contributed by atoms with van der Waals surface area (Å²) in [6, 6.07) is 13.4. The Kier molecular flexibility index (Phi) is 8.44. The van der Waals surface area contributed by atoms with Gasteiger partial charge in [0.1, 0.15) is 5.75 Å². The Morgan fingerprint density at radius 3 is 2.45 bits per heavy atom. The fourth-order valence-corrected chi connectivity index (χ4v) is 5.74. The summed E-state index contributed by atoms with van der Waals surface area (Å²) in [4.78, 5) is 43.6. The van der Waals surface area contributed by atoms with Gasteiger partial charge in [0.25, 0.3) is 11.8 Å². The average Bonchev–Trinajstić information content (AvgIpc) is 2.91. The molecule has 0 aromatic heterocycles. The van der Waals surface area contributed by atoms with E-state index >= 15 is 0 Å². The van der Waals surface area contributed by atoms with Crippen LogP contribution in [0.5, 0.6) is 5.75 Å². The Labute approximate surface area is 226 Å². The second-order valence-electron chi connectivity index (χ2n) is 10.9. The first-order valence-electron chi connectivity index (χ1n) is 14.0. The molecule has 1 saturated carbocycles. The van der Waals surface area contributed by atoms with E-state index in [2.05, 4.69) is 19.2 Å². The fraction of sp³-hybridized carbons (Fsp3) is 0.516. The van der Waals surface area contributed by atoms with E-state index in [4.69, 9.17) is 4.74 Å². The lowest BCUT2D eigenvalue weighted by molar-refractivity contribution is -0.135. The van der Waals surface area contributed by atoms with Crippen molar-refractivity contribution in [1.29, 1.82) is 0 Å². The zero-order valence-corrected chi connectivity index (χ0v) is 23.4. The molecule has 1 fully saturated rings. The summed E-state index contributed by atoms with van der Waals surface area (Å²) >= 11 is 0. The molecule has 1 unspecified atom stereocenters. The van der Waals surface area contributed by atoms with E-state index in [1.165, 1.54) is 6.42 Å². The molecule has 1 aliphatic carbocycles. The van der Waals surface area contributed by atoms with Gasteiger partial charge in [-0.05, 0) is 58.2 Å². The molecule has 0 radical (unpaired) electrons. The summed E-state index contributed by atoms with van der Waals surface area (Å²) in [7, 11) is 0. The molecule has 38 heavy (non-hydrogen) atoms. The number of amides is 3. The molecule has 2 aromatic carbocycles.